The number of rotatable bonds is 13. The van der Waals surface area contributed by atoms with Crippen LogP contribution in [0.5, 0.6) is 5.75 Å². The molecule has 17 heteroatoms. The number of nitrogens with zero attached hydrogens (tertiary/aromatic N) is 3. The average Bonchev–Trinajstić information content (AvgIpc) is 4.00. The molecule has 0 saturated carbocycles. The van der Waals surface area contributed by atoms with E-state index in [1.807, 2.05) is 89.8 Å². The molecule has 9 rings (SSSR count). The summed E-state index contributed by atoms with van der Waals surface area (Å²) in [4.78, 5) is 84.1. The lowest BCUT2D eigenvalue weighted by Crippen LogP contribution is -2.55. The number of H-pyrrole nitrogens is 1. The van der Waals surface area contributed by atoms with Crippen LogP contribution in [0.2, 0.25) is 0 Å². The Morgan fingerprint density at radius 1 is 0.853 bits per heavy atom. The van der Waals surface area contributed by atoms with Crippen LogP contribution in [0.15, 0.2) is 127 Å². The number of cyclic esters (lactones) is 1. The Hall–Kier alpha value is -8.04. The number of carbonyl (C=O) groups excluding carboxylic acids is 5. The van der Waals surface area contributed by atoms with Crippen molar-refractivity contribution in [2.24, 2.45) is 11.7 Å². The van der Waals surface area contributed by atoms with Gasteiger partial charge in [0.2, 0.25) is 11.8 Å². The Balaban J connectivity index is 1.32. The number of methoxy groups -OCH3 is 1. The predicted octanol–water partition coefficient (Wildman–Crippen LogP) is 4.72. The van der Waals surface area contributed by atoms with Gasteiger partial charge in [0.05, 0.1) is 61.0 Å². The Kier molecular flexibility index (Phi) is 12.9. The third-order valence-corrected chi connectivity index (χ3v) is 12.4. The van der Waals surface area contributed by atoms with Gasteiger partial charge in [-0.25, -0.2) is 19.5 Å². The fourth-order valence-electron chi connectivity index (χ4n) is 9.80. The number of fused-ring (bicyclic) bond motifs is 4. The second-order valence-corrected chi connectivity index (χ2v) is 16.3. The normalized spacial score (nSPS) is 21.6. The first-order valence-electron chi connectivity index (χ1n) is 22.0. The van der Waals surface area contributed by atoms with Crippen LogP contribution in [0, 0.1) is 17.8 Å². The SMILES string of the molecule is COCCOC(=O)N1C(=O)[C@@]2(c3cc(C#CCNC(N)=O)ccc31)[C@H](C(=O)NCc1nc3ccccc3[nH]1)[C@H]1C(=O)O[C@H](c3ccccc3)[C@H](c3ccccc3)N1[C@@H]2c1ccc(OCCO)cc1. The van der Waals surface area contributed by atoms with Crippen LogP contribution in [0.1, 0.15) is 51.8 Å². The highest BCUT2D eigenvalue weighted by Crippen LogP contribution is 2.66. The lowest BCUT2D eigenvalue weighted by atomic mass is 9.65. The third kappa shape index (κ3) is 8.25. The topological polar surface area (TPSA) is 228 Å². The molecule has 5 aromatic carbocycles. The second kappa shape index (κ2) is 19.4. The van der Waals surface area contributed by atoms with Crippen molar-refractivity contribution in [3.05, 3.63) is 161 Å². The minimum Gasteiger partial charge on any atom is -0.491 e. The van der Waals surface area contributed by atoms with E-state index < -0.39 is 65.5 Å². The molecule has 0 unspecified atom stereocenters. The molecule has 3 aliphatic heterocycles. The summed E-state index contributed by atoms with van der Waals surface area (Å²) in [5, 5.41) is 15.0. The molecule has 3 aliphatic rings. The Bertz CT molecular complexity index is 2890. The summed E-state index contributed by atoms with van der Waals surface area (Å²) in [6, 6.07) is 33.4. The van der Waals surface area contributed by atoms with Gasteiger partial charge in [-0.2, -0.15) is 0 Å². The minimum absolute atomic E-state index is 0.0137. The highest BCUT2D eigenvalue weighted by atomic mass is 16.6. The number of ether oxygens (including phenoxy) is 4. The van der Waals surface area contributed by atoms with E-state index in [1.165, 1.54) is 7.11 Å². The van der Waals surface area contributed by atoms with E-state index in [9.17, 15) is 14.7 Å². The highest BCUT2D eigenvalue weighted by Gasteiger charge is 2.75. The number of aromatic amines is 1. The molecular weight excluding hydrogens is 871 g/mol. The van der Waals surface area contributed by atoms with Crippen LogP contribution in [-0.4, -0.2) is 96.0 Å². The number of aliphatic hydroxyl groups is 1. The number of esters is 1. The summed E-state index contributed by atoms with van der Waals surface area (Å²) in [6.45, 7) is -0.619. The van der Waals surface area contributed by atoms with Crippen molar-refractivity contribution in [2.75, 3.05) is 45.0 Å². The first-order valence-corrected chi connectivity index (χ1v) is 22.0. The van der Waals surface area contributed by atoms with Crippen molar-refractivity contribution in [2.45, 2.75) is 36.2 Å². The number of carbonyl (C=O) groups is 5. The summed E-state index contributed by atoms with van der Waals surface area (Å²) in [5.41, 5.74) is 7.14. The van der Waals surface area contributed by atoms with Gasteiger partial charge in [0.1, 0.15) is 42.3 Å². The predicted molar refractivity (Wildman–Crippen MR) is 247 cm³/mol. The van der Waals surface area contributed by atoms with Crippen molar-refractivity contribution in [3.8, 4) is 17.6 Å². The van der Waals surface area contributed by atoms with Gasteiger partial charge in [0.25, 0.3) is 0 Å². The number of nitrogens with one attached hydrogen (secondary N) is 3. The lowest BCUT2D eigenvalue weighted by molar-refractivity contribution is -0.178. The van der Waals surface area contributed by atoms with Crippen LogP contribution < -0.4 is 26.0 Å². The number of nitrogens with two attached hydrogens (primary N) is 1. The number of benzene rings is 5. The van der Waals surface area contributed by atoms with Crippen molar-refractivity contribution < 1.29 is 48.0 Å². The zero-order valence-electron chi connectivity index (χ0n) is 36.8. The Morgan fingerprint density at radius 2 is 1.57 bits per heavy atom. The standard InChI is InChI=1S/C51H47N7O10/c1-65-27-28-67-50(64)57-39-23-18-31(11-10-24-53-49(52)63)29-36(39)51(48(57)62)41(46(60)54-30-40-55-37-16-8-9-17-38(37)56-40)43-47(61)68-44(33-14-6-3-7-15-33)42(32-12-4-2-5-13-32)58(43)45(51)34-19-21-35(22-20-34)66-26-25-59/h2-9,12-23,29,41-45,59H,24-28,30H2,1H3,(H,54,60)(H,55,56)(H3,52,53,63)/t41-,42-,43-,44+,45+,51-/m0/s1. The summed E-state index contributed by atoms with van der Waals surface area (Å²) in [6.07, 6.45) is -1.98. The van der Waals surface area contributed by atoms with E-state index >= 15 is 14.4 Å². The molecule has 5 amide bonds. The van der Waals surface area contributed by atoms with Crippen molar-refractivity contribution in [1.29, 1.82) is 0 Å². The monoisotopic (exact) mass is 917 g/mol. The molecule has 2 saturated heterocycles. The van der Waals surface area contributed by atoms with E-state index in [2.05, 4.69) is 32.4 Å². The number of hydrogen-bond donors (Lipinski definition) is 5. The van der Waals surface area contributed by atoms with Crippen LogP contribution in [-0.2, 0) is 40.6 Å². The zero-order chi connectivity index (χ0) is 47.4. The van der Waals surface area contributed by atoms with Crippen molar-refractivity contribution >= 4 is 46.6 Å². The number of morpholine rings is 1. The van der Waals surface area contributed by atoms with Gasteiger partial charge in [0, 0.05) is 12.7 Å². The summed E-state index contributed by atoms with van der Waals surface area (Å²) >= 11 is 0. The number of amides is 5. The van der Waals surface area contributed by atoms with Crippen LogP contribution in [0.3, 0.4) is 0 Å². The molecule has 17 nitrogen and oxygen atoms in total. The molecule has 6 aromatic rings. The quantitative estimate of drug-likeness (QED) is 0.0603. The molecule has 4 heterocycles. The van der Waals surface area contributed by atoms with Crippen molar-refractivity contribution in [1.82, 2.24) is 25.5 Å². The van der Waals surface area contributed by atoms with Gasteiger partial charge in [0.15, 0.2) is 0 Å². The number of aromatic nitrogens is 2. The van der Waals surface area contributed by atoms with Crippen LogP contribution >= 0.6 is 0 Å². The minimum atomic E-state index is -2.10. The number of urea groups is 1. The summed E-state index contributed by atoms with van der Waals surface area (Å²) in [5.74, 6) is 2.80. The molecule has 0 aliphatic carbocycles. The van der Waals surface area contributed by atoms with Crippen LogP contribution in [0.4, 0.5) is 15.3 Å². The molecule has 1 aromatic heterocycles. The highest BCUT2D eigenvalue weighted by molar-refractivity contribution is 6.23. The smallest absolute Gasteiger partial charge is 0.421 e. The van der Waals surface area contributed by atoms with Gasteiger partial charge >= 0.3 is 18.1 Å². The van der Waals surface area contributed by atoms with E-state index in [0.29, 0.717) is 39.3 Å². The molecular formula is C51H47N7O10. The lowest BCUT2D eigenvalue weighted by Gasteiger charge is -2.46. The van der Waals surface area contributed by atoms with Gasteiger partial charge < -0.3 is 45.4 Å². The fraction of sp³-hybridized carbons (Fsp3) is 0.255. The van der Waals surface area contributed by atoms with Gasteiger partial charge in [-0.1, -0.05) is 96.8 Å². The second-order valence-electron chi connectivity index (χ2n) is 16.3. The molecule has 1 spiro atoms. The number of para-hydroxylation sites is 2. The first-order chi connectivity index (χ1) is 33.1. The van der Waals surface area contributed by atoms with Gasteiger partial charge in [-0.3, -0.25) is 19.3 Å². The molecule has 68 heavy (non-hydrogen) atoms. The number of hydrogen-bond acceptors (Lipinski definition) is 12. The third-order valence-electron chi connectivity index (χ3n) is 12.4. The number of aliphatic hydroxyl groups excluding tert-OH is 1. The number of anilines is 1. The van der Waals surface area contributed by atoms with E-state index in [4.69, 9.17) is 24.7 Å². The molecule has 2 fully saturated rings. The van der Waals surface area contributed by atoms with E-state index in [0.717, 1.165) is 10.4 Å². The van der Waals surface area contributed by atoms with Gasteiger partial charge in [-0.15, -0.1) is 0 Å². The number of imidazole rings is 1. The Morgan fingerprint density at radius 3 is 2.28 bits per heavy atom. The molecule has 6 N–H and O–H groups in total. The maximum Gasteiger partial charge on any atom is 0.421 e. The van der Waals surface area contributed by atoms with Crippen molar-refractivity contribution in [3.63, 3.8) is 0 Å². The van der Waals surface area contributed by atoms with E-state index in [1.54, 1.807) is 42.5 Å². The molecule has 6 atom stereocenters. The maximum atomic E-state index is 16.3. The summed E-state index contributed by atoms with van der Waals surface area (Å²) in [7, 11) is 1.44. The molecule has 346 valence electrons. The van der Waals surface area contributed by atoms with Gasteiger partial charge in [-0.05, 0) is 64.7 Å². The van der Waals surface area contributed by atoms with Crippen LogP contribution in [0.25, 0.3) is 11.0 Å². The Labute approximate surface area is 390 Å². The average molecular weight is 918 g/mol. The fourth-order valence-corrected chi connectivity index (χ4v) is 9.80. The first kappa shape index (κ1) is 45.1. The molecule has 0 bridgehead atoms. The number of imide groups is 1. The summed E-state index contributed by atoms with van der Waals surface area (Å²) < 4.78 is 23.1. The maximum absolute atomic E-state index is 16.3. The largest absolute Gasteiger partial charge is 0.491 e. The zero-order valence-corrected chi connectivity index (χ0v) is 36.8. The number of primary amides is 1. The molecule has 0 radical (unpaired) electrons. The van der Waals surface area contributed by atoms with E-state index in [-0.39, 0.29) is 50.8 Å².